The van der Waals surface area contributed by atoms with Crippen LogP contribution in [0.1, 0.15) is 37.3 Å². The van der Waals surface area contributed by atoms with Gasteiger partial charge in [0.05, 0.1) is 19.3 Å². The molecule has 2 aliphatic rings. The molecule has 2 N–H and O–H groups in total. The minimum atomic E-state index is -0.201. The van der Waals surface area contributed by atoms with E-state index in [1.165, 1.54) is 25.3 Å². The van der Waals surface area contributed by atoms with Crippen LogP contribution in [0, 0.1) is 11.2 Å². The molecule has 1 aliphatic heterocycles. The van der Waals surface area contributed by atoms with Gasteiger partial charge in [0.25, 0.3) is 0 Å². The van der Waals surface area contributed by atoms with E-state index in [9.17, 15) is 4.39 Å². The highest BCUT2D eigenvalue weighted by Crippen LogP contribution is 2.43. The summed E-state index contributed by atoms with van der Waals surface area (Å²) in [6, 6.07) is 6.97. The van der Waals surface area contributed by atoms with Gasteiger partial charge in [-0.1, -0.05) is 18.6 Å². The van der Waals surface area contributed by atoms with Gasteiger partial charge in [0, 0.05) is 46.9 Å². The lowest BCUT2D eigenvalue weighted by Crippen LogP contribution is -2.49. The fourth-order valence-electron chi connectivity index (χ4n) is 4.26. The molecule has 1 saturated carbocycles. The van der Waals surface area contributed by atoms with Gasteiger partial charge in [-0.15, -0.1) is 24.0 Å². The van der Waals surface area contributed by atoms with Crippen molar-refractivity contribution in [1.82, 2.24) is 15.5 Å². The van der Waals surface area contributed by atoms with Crippen LogP contribution < -0.4 is 10.6 Å². The number of methoxy groups -OCH3 is 1. The smallest absolute Gasteiger partial charge is 0.191 e. The molecule has 1 unspecified atom stereocenters. The second-order valence-electron chi connectivity index (χ2n) is 8.12. The number of hydrogen-bond acceptors (Lipinski definition) is 4. The molecule has 30 heavy (non-hydrogen) atoms. The molecule has 2 fully saturated rings. The zero-order chi connectivity index (χ0) is 20.5. The Hall–Kier alpha value is -0.970. The Kier molecular flexibility index (Phi) is 10.8. The largest absolute Gasteiger partial charge is 0.385 e. The summed E-state index contributed by atoms with van der Waals surface area (Å²) in [6.07, 6.45) is 4.84. The van der Waals surface area contributed by atoms with Crippen molar-refractivity contribution in [2.24, 2.45) is 10.4 Å². The Balaban J connectivity index is 0.00000320. The lowest BCUT2D eigenvalue weighted by atomic mass is 9.67. The van der Waals surface area contributed by atoms with E-state index in [-0.39, 0.29) is 35.8 Å². The van der Waals surface area contributed by atoms with Gasteiger partial charge in [0.15, 0.2) is 5.96 Å². The second-order valence-corrected chi connectivity index (χ2v) is 8.12. The lowest BCUT2D eigenvalue weighted by molar-refractivity contribution is 0.0169. The van der Waals surface area contributed by atoms with Crippen molar-refractivity contribution >= 4 is 29.9 Å². The molecule has 0 amide bonds. The summed E-state index contributed by atoms with van der Waals surface area (Å²) in [6.45, 7) is 5.46. The third-order valence-electron chi connectivity index (χ3n) is 6.29. The van der Waals surface area contributed by atoms with Crippen LogP contribution in [-0.2, 0) is 9.47 Å². The van der Waals surface area contributed by atoms with E-state index in [1.807, 2.05) is 6.07 Å². The summed E-state index contributed by atoms with van der Waals surface area (Å²) in [5.74, 6) is 0.594. The number of guanidine groups is 1. The van der Waals surface area contributed by atoms with E-state index < -0.39 is 0 Å². The second kappa shape index (κ2) is 12.8. The molecular weight excluding hydrogens is 498 g/mol. The number of rotatable bonds is 9. The summed E-state index contributed by atoms with van der Waals surface area (Å²) in [5, 5.41) is 6.97. The molecule has 1 atom stereocenters. The van der Waals surface area contributed by atoms with Crippen molar-refractivity contribution in [3.63, 3.8) is 0 Å². The first-order valence-corrected chi connectivity index (χ1v) is 10.7. The molecule has 6 nitrogen and oxygen atoms in total. The molecule has 1 aromatic carbocycles. The maximum Gasteiger partial charge on any atom is 0.191 e. The van der Waals surface area contributed by atoms with Crippen LogP contribution in [0.25, 0.3) is 0 Å². The Labute approximate surface area is 197 Å². The van der Waals surface area contributed by atoms with Gasteiger partial charge in [-0.3, -0.25) is 9.89 Å². The standard InChI is InChI=1S/C22H35FN4O2.HI/c1-24-21(26-17-22(7-4-8-22)9-12-28-2)25-16-20(27-10-13-29-14-11-27)18-5-3-6-19(23)15-18;/h3,5-6,15,20H,4,7-14,16-17H2,1-2H3,(H2,24,25,26);1H. The van der Waals surface area contributed by atoms with Crippen molar-refractivity contribution in [1.29, 1.82) is 0 Å². The maximum absolute atomic E-state index is 13.8. The van der Waals surface area contributed by atoms with Crippen LogP contribution in [0.15, 0.2) is 29.3 Å². The van der Waals surface area contributed by atoms with Crippen LogP contribution in [-0.4, -0.2) is 71.0 Å². The zero-order valence-electron chi connectivity index (χ0n) is 18.2. The Morgan fingerprint density at radius 2 is 2.07 bits per heavy atom. The zero-order valence-corrected chi connectivity index (χ0v) is 20.5. The third-order valence-corrected chi connectivity index (χ3v) is 6.29. The predicted octanol–water partition coefficient (Wildman–Crippen LogP) is 3.19. The number of benzene rings is 1. The van der Waals surface area contributed by atoms with Crippen molar-refractivity contribution in [2.75, 3.05) is 60.2 Å². The fraction of sp³-hybridized carbons (Fsp3) is 0.682. The van der Waals surface area contributed by atoms with Crippen molar-refractivity contribution in [3.05, 3.63) is 35.6 Å². The number of halogens is 2. The molecule has 170 valence electrons. The van der Waals surface area contributed by atoms with Crippen molar-refractivity contribution in [3.8, 4) is 0 Å². The highest BCUT2D eigenvalue weighted by molar-refractivity contribution is 14.0. The van der Waals surface area contributed by atoms with Crippen molar-refractivity contribution < 1.29 is 13.9 Å². The van der Waals surface area contributed by atoms with Crippen LogP contribution in [0.3, 0.4) is 0 Å². The topological polar surface area (TPSA) is 58.1 Å². The van der Waals surface area contributed by atoms with Gasteiger partial charge in [0.2, 0.25) is 0 Å². The summed E-state index contributed by atoms with van der Waals surface area (Å²) < 4.78 is 24.6. The van der Waals surface area contributed by atoms with Crippen molar-refractivity contribution in [2.45, 2.75) is 31.7 Å². The van der Waals surface area contributed by atoms with E-state index in [0.717, 1.165) is 44.2 Å². The Bertz CT molecular complexity index is 666. The molecule has 3 rings (SSSR count). The summed E-state index contributed by atoms with van der Waals surface area (Å²) in [7, 11) is 3.56. The lowest BCUT2D eigenvalue weighted by Gasteiger charge is -2.42. The summed E-state index contributed by atoms with van der Waals surface area (Å²) in [5.41, 5.74) is 1.30. The number of aliphatic imine (C=N–C) groups is 1. The average molecular weight is 534 g/mol. The van der Waals surface area contributed by atoms with Crippen LogP contribution in [0.5, 0.6) is 0 Å². The Morgan fingerprint density at radius 1 is 1.30 bits per heavy atom. The maximum atomic E-state index is 13.8. The molecule has 8 heteroatoms. The first-order chi connectivity index (χ1) is 14.2. The minimum absolute atomic E-state index is 0. The highest BCUT2D eigenvalue weighted by atomic mass is 127. The first-order valence-electron chi connectivity index (χ1n) is 10.7. The van der Waals surface area contributed by atoms with Gasteiger partial charge in [-0.25, -0.2) is 4.39 Å². The van der Waals surface area contributed by atoms with Gasteiger partial charge in [0.1, 0.15) is 5.82 Å². The average Bonchev–Trinajstić information content (AvgIpc) is 2.72. The van der Waals surface area contributed by atoms with E-state index in [0.29, 0.717) is 25.2 Å². The van der Waals surface area contributed by atoms with Gasteiger partial charge < -0.3 is 20.1 Å². The molecule has 0 spiro atoms. The predicted molar refractivity (Wildman–Crippen MR) is 129 cm³/mol. The molecule has 1 saturated heterocycles. The van der Waals surface area contributed by atoms with E-state index >= 15 is 0 Å². The SMILES string of the molecule is CN=C(NCC(c1cccc(F)c1)N1CCOCC1)NCC1(CCOC)CCC1.I. The molecule has 0 radical (unpaired) electrons. The highest BCUT2D eigenvalue weighted by Gasteiger charge is 2.36. The monoisotopic (exact) mass is 534 g/mol. The quantitative estimate of drug-likeness (QED) is 0.290. The molecule has 1 aromatic rings. The van der Waals surface area contributed by atoms with Gasteiger partial charge in [-0.2, -0.15) is 0 Å². The Morgan fingerprint density at radius 3 is 2.67 bits per heavy atom. The number of nitrogens with zero attached hydrogens (tertiary/aromatic N) is 2. The minimum Gasteiger partial charge on any atom is -0.385 e. The first kappa shape index (κ1) is 25.3. The number of hydrogen-bond donors (Lipinski definition) is 2. The van der Waals surface area contributed by atoms with E-state index in [2.05, 4.69) is 20.5 Å². The summed E-state index contributed by atoms with van der Waals surface area (Å²) >= 11 is 0. The molecule has 1 heterocycles. The van der Waals surface area contributed by atoms with Gasteiger partial charge >= 0.3 is 0 Å². The van der Waals surface area contributed by atoms with Crippen LogP contribution in [0.4, 0.5) is 4.39 Å². The summed E-state index contributed by atoms with van der Waals surface area (Å²) in [4.78, 5) is 6.76. The van der Waals surface area contributed by atoms with E-state index in [1.54, 1.807) is 26.3 Å². The molecule has 0 bridgehead atoms. The molecule has 0 aromatic heterocycles. The fourth-order valence-corrected chi connectivity index (χ4v) is 4.26. The number of ether oxygens (including phenoxy) is 2. The molecular formula is C22H36FIN4O2. The normalized spacial score (nSPS) is 20.0. The van der Waals surface area contributed by atoms with E-state index in [4.69, 9.17) is 9.47 Å². The van der Waals surface area contributed by atoms with Crippen LogP contribution in [0.2, 0.25) is 0 Å². The number of morpholine rings is 1. The van der Waals surface area contributed by atoms with Crippen LogP contribution >= 0.6 is 24.0 Å². The number of nitrogens with one attached hydrogen (secondary N) is 2. The molecule has 1 aliphatic carbocycles. The van der Waals surface area contributed by atoms with Gasteiger partial charge in [-0.05, 0) is 42.4 Å². The third kappa shape index (κ3) is 7.03.